The third-order valence-electron chi connectivity index (χ3n) is 3.06. The molecule has 18 heavy (non-hydrogen) atoms. The number of rotatable bonds is 1. The Morgan fingerprint density at radius 2 is 2.33 bits per heavy atom. The van der Waals surface area contributed by atoms with Crippen molar-refractivity contribution in [3.05, 3.63) is 34.1 Å². The average Bonchev–Trinajstić information content (AvgIpc) is 2.79. The number of sulfone groups is 1. The lowest BCUT2D eigenvalue weighted by atomic mass is 10.2. The van der Waals surface area contributed by atoms with Gasteiger partial charge in [-0.15, -0.1) is 0 Å². The maximum absolute atomic E-state index is 11.5. The Labute approximate surface area is 109 Å². The lowest BCUT2D eigenvalue weighted by Crippen LogP contribution is -2.12. The Morgan fingerprint density at radius 3 is 3.00 bits per heavy atom. The third-order valence-corrected chi connectivity index (χ3v) is 4.74. The number of fused-ring (bicyclic) bond motifs is 1. The summed E-state index contributed by atoms with van der Waals surface area (Å²) in [5, 5.41) is 1.24. The first-order valence-corrected chi connectivity index (χ1v) is 7.57. The molecule has 1 atom stereocenters. The van der Waals surface area contributed by atoms with E-state index in [1.165, 1.54) is 5.41 Å². The Balaban J connectivity index is 2.25. The third kappa shape index (κ3) is 1.70. The molecule has 1 unspecified atom stereocenters. The van der Waals surface area contributed by atoms with Crippen molar-refractivity contribution in [2.45, 2.75) is 13.0 Å². The van der Waals surface area contributed by atoms with Crippen molar-refractivity contribution in [3.63, 3.8) is 0 Å². The predicted octanol–water partition coefficient (Wildman–Crippen LogP) is 1.89. The van der Waals surface area contributed by atoms with Crippen LogP contribution in [0.5, 0.6) is 0 Å². The predicted molar refractivity (Wildman–Crippen MR) is 71.6 cm³/mol. The number of imidazole rings is 1. The molecular formula is C11H11N3O2S2. The van der Waals surface area contributed by atoms with Gasteiger partial charge in [0.25, 0.3) is 0 Å². The highest BCUT2D eigenvalue weighted by atomic mass is 32.2. The number of aromatic amines is 1. The summed E-state index contributed by atoms with van der Waals surface area (Å²) in [6.07, 6.45) is 3.35. The number of hydrogen-bond acceptors (Lipinski definition) is 4. The van der Waals surface area contributed by atoms with Gasteiger partial charge in [-0.2, -0.15) is 0 Å². The van der Waals surface area contributed by atoms with Gasteiger partial charge in [-0.25, -0.2) is 13.4 Å². The minimum absolute atomic E-state index is 0.0455. The smallest absolute Gasteiger partial charge is 0.179 e. The van der Waals surface area contributed by atoms with E-state index in [4.69, 9.17) is 12.2 Å². The Kier molecular flexibility index (Phi) is 2.43. The number of allylic oxidation sites excluding steroid dienone is 1. The number of pyridine rings is 1. The highest BCUT2D eigenvalue weighted by Gasteiger charge is 2.25. The van der Waals surface area contributed by atoms with Crippen LogP contribution in [0.2, 0.25) is 0 Å². The van der Waals surface area contributed by atoms with E-state index in [-0.39, 0.29) is 11.8 Å². The monoisotopic (exact) mass is 281 g/mol. The van der Waals surface area contributed by atoms with Crippen LogP contribution in [0.4, 0.5) is 0 Å². The van der Waals surface area contributed by atoms with E-state index < -0.39 is 9.84 Å². The van der Waals surface area contributed by atoms with Crippen LogP contribution in [-0.2, 0) is 9.84 Å². The lowest BCUT2D eigenvalue weighted by Gasteiger charge is -2.09. The van der Waals surface area contributed by atoms with E-state index in [1.807, 2.05) is 13.0 Å². The van der Waals surface area contributed by atoms with Gasteiger partial charge in [0.2, 0.25) is 0 Å². The van der Waals surface area contributed by atoms with Gasteiger partial charge in [-0.3, -0.25) is 4.57 Å². The molecule has 5 nitrogen and oxygen atoms in total. The summed E-state index contributed by atoms with van der Waals surface area (Å²) in [6.45, 7) is 1.96. The van der Waals surface area contributed by atoms with Crippen LogP contribution in [0.3, 0.4) is 0 Å². The van der Waals surface area contributed by atoms with Crippen LogP contribution >= 0.6 is 12.2 Å². The van der Waals surface area contributed by atoms with Crippen molar-refractivity contribution in [1.29, 1.82) is 0 Å². The van der Waals surface area contributed by atoms with Crippen LogP contribution in [0.1, 0.15) is 11.6 Å². The molecule has 1 aliphatic rings. The van der Waals surface area contributed by atoms with E-state index in [1.54, 1.807) is 16.8 Å². The summed E-state index contributed by atoms with van der Waals surface area (Å²) in [4.78, 5) is 7.38. The number of H-pyrrole nitrogens is 1. The molecule has 7 heteroatoms. The molecule has 3 heterocycles. The van der Waals surface area contributed by atoms with E-state index in [2.05, 4.69) is 9.97 Å². The largest absolute Gasteiger partial charge is 0.329 e. The molecule has 0 fully saturated rings. The molecule has 1 N–H and O–H groups in total. The maximum atomic E-state index is 11.5. The second-order valence-electron chi connectivity index (χ2n) is 4.35. The van der Waals surface area contributed by atoms with Crippen LogP contribution in [0, 0.1) is 11.7 Å². The normalized spacial score (nSPS) is 21.7. The van der Waals surface area contributed by atoms with Crippen molar-refractivity contribution in [2.75, 3.05) is 5.75 Å². The van der Waals surface area contributed by atoms with E-state index in [9.17, 15) is 8.42 Å². The van der Waals surface area contributed by atoms with Gasteiger partial charge in [0, 0.05) is 11.6 Å². The van der Waals surface area contributed by atoms with Crippen LogP contribution in [0.15, 0.2) is 23.7 Å². The zero-order chi connectivity index (χ0) is 12.9. The summed E-state index contributed by atoms with van der Waals surface area (Å²) in [5.74, 6) is 0.0455. The van der Waals surface area contributed by atoms with Crippen LogP contribution in [0.25, 0.3) is 11.2 Å². The van der Waals surface area contributed by atoms with E-state index >= 15 is 0 Å². The van der Waals surface area contributed by atoms with Gasteiger partial charge in [0.15, 0.2) is 20.3 Å². The first kappa shape index (κ1) is 11.6. The molecule has 0 saturated heterocycles. The highest BCUT2D eigenvalue weighted by molar-refractivity contribution is 7.94. The summed E-state index contributed by atoms with van der Waals surface area (Å²) in [6, 6.07) is 1.62. The topological polar surface area (TPSA) is 67.8 Å². The first-order chi connectivity index (χ1) is 8.48. The van der Waals surface area contributed by atoms with Gasteiger partial charge in [-0.05, 0) is 36.8 Å². The Bertz CT molecular complexity index is 814. The molecule has 0 saturated carbocycles. The van der Waals surface area contributed by atoms with Gasteiger partial charge >= 0.3 is 0 Å². The molecule has 2 aromatic rings. The van der Waals surface area contributed by atoms with Crippen molar-refractivity contribution in [3.8, 4) is 0 Å². The Morgan fingerprint density at radius 1 is 1.56 bits per heavy atom. The van der Waals surface area contributed by atoms with Gasteiger partial charge < -0.3 is 4.98 Å². The molecule has 0 amide bonds. The number of hydrogen-bond donors (Lipinski definition) is 1. The Hall–Kier alpha value is -1.47. The SMILES string of the molecule is Cc1ccnc2c1[nH]c(=S)n2C1C=CS(=O)(=O)C1. The van der Waals surface area contributed by atoms with Crippen LogP contribution in [-0.4, -0.2) is 28.7 Å². The fourth-order valence-electron chi connectivity index (χ4n) is 2.17. The standard InChI is InChI=1S/C11H11N3O2S2/c1-7-2-4-12-10-9(7)13-11(17)14(10)8-3-5-18(15,16)6-8/h2-5,8H,6H2,1H3,(H,13,17). The molecule has 0 bridgehead atoms. The zero-order valence-corrected chi connectivity index (χ0v) is 11.3. The summed E-state index contributed by atoms with van der Waals surface area (Å²) >= 11 is 5.26. The molecule has 3 rings (SSSR count). The van der Waals surface area contributed by atoms with Crippen molar-refractivity contribution in [2.24, 2.45) is 0 Å². The minimum atomic E-state index is -3.11. The quantitative estimate of drug-likeness (QED) is 0.810. The van der Waals surface area contributed by atoms with E-state index in [0.29, 0.717) is 10.4 Å². The molecule has 1 aliphatic heterocycles. The first-order valence-electron chi connectivity index (χ1n) is 5.45. The van der Waals surface area contributed by atoms with Crippen LogP contribution < -0.4 is 0 Å². The second-order valence-corrected chi connectivity index (χ2v) is 6.67. The zero-order valence-electron chi connectivity index (χ0n) is 9.62. The molecule has 0 radical (unpaired) electrons. The molecule has 94 valence electrons. The summed E-state index contributed by atoms with van der Waals surface area (Å²) < 4.78 is 25.2. The van der Waals surface area contributed by atoms with Crippen molar-refractivity contribution in [1.82, 2.24) is 14.5 Å². The summed E-state index contributed by atoms with van der Waals surface area (Å²) in [5.41, 5.74) is 2.60. The number of aryl methyl sites for hydroxylation is 1. The molecule has 0 spiro atoms. The molecule has 0 aromatic carbocycles. The average molecular weight is 281 g/mol. The fraction of sp³-hybridized carbons (Fsp3) is 0.273. The lowest BCUT2D eigenvalue weighted by molar-refractivity contribution is 0.593. The summed E-state index contributed by atoms with van der Waals surface area (Å²) in [7, 11) is -3.11. The molecular weight excluding hydrogens is 270 g/mol. The number of nitrogens with one attached hydrogen (secondary N) is 1. The molecule has 2 aromatic heterocycles. The van der Waals surface area contributed by atoms with Gasteiger partial charge in [-0.1, -0.05) is 0 Å². The maximum Gasteiger partial charge on any atom is 0.179 e. The number of aromatic nitrogens is 3. The fourth-order valence-corrected chi connectivity index (χ4v) is 3.76. The van der Waals surface area contributed by atoms with Crippen molar-refractivity contribution < 1.29 is 8.42 Å². The second kappa shape index (κ2) is 3.76. The van der Waals surface area contributed by atoms with E-state index in [0.717, 1.165) is 11.1 Å². The van der Waals surface area contributed by atoms with Crippen molar-refractivity contribution >= 4 is 33.2 Å². The molecule has 0 aliphatic carbocycles. The highest BCUT2D eigenvalue weighted by Crippen LogP contribution is 2.25. The van der Waals surface area contributed by atoms with Gasteiger partial charge in [0.1, 0.15) is 0 Å². The minimum Gasteiger partial charge on any atom is -0.329 e. The van der Waals surface area contributed by atoms with Gasteiger partial charge in [0.05, 0.1) is 17.3 Å². The number of nitrogens with zero attached hydrogens (tertiary/aromatic N) is 2.